The van der Waals surface area contributed by atoms with Crippen LogP contribution < -0.4 is 4.74 Å². The van der Waals surface area contributed by atoms with Gasteiger partial charge in [-0.2, -0.15) is 0 Å². The number of esters is 1. The highest BCUT2D eigenvalue weighted by Gasteiger charge is 2.08. The second-order valence-electron chi connectivity index (χ2n) is 6.66. The summed E-state index contributed by atoms with van der Waals surface area (Å²) in [4.78, 5) is 11.5. The van der Waals surface area contributed by atoms with Crippen molar-refractivity contribution in [2.45, 2.75) is 52.7 Å². The first-order chi connectivity index (χ1) is 13.6. The molecule has 0 spiro atoms. The highest BCUT2D eigenvalue weighted by molar-refractivity contribution is 5.71. The predicted octanol–water partition coefficient (Wildman–Crippen LogP) is 3.35. The molecule has 0 fully saturated rings. The van der Waals surface area contributed by atoms with Crippen molar-refractivity contribution in [1.82, 2.24) is 0 Å². The topological polar surface area (TPSA) is 76.0 Å². The first kappa shape index (κ1) is 21.9. The molecule has 0 amide bonds. The van der Waals surface area contributed by atoms with Crippen LogP contribution in [-0.4, -0.2) is 29.4 Å². The number of carbonyl (C=O) groups is 1. The Morgan fingerprint density at radius 1 is 0.893 bits per heavy atom. The van der Waals surface area contributed by atoms with Crippen molar-refractivity contribution in [1.29, 1.82) is 0 Å². The quantitative estimate of drug-likeness (QED) is 0.579. The fourth-order valence-electron chi connectivity index (χ4n) is 3.18. The van der Waals surface area contributed by atoms with E-state index >= 15 is 0 Å². The van der Waals surface area contributed by atoms with Crippen LogP contribution in [0.2, 0.25) is 0 Å². The van der Waals surface area contributed by atoms with Gasteiger partial charge >= 0.3 is 5.97 Å². The lowest BCUT2D eigenvalue weighted by Crippen LogP contribution is -2.15. The van der Waals surface area contributed by atoms with Gasteiger partial charge in [0, 0.05) is 0 Å². The minimum atomic E-state index is -0.358. The SMILES string of the molecule is CCOC(=O)COc1ccc(CCCc2ccc(CO)c(CO)c2)cc1CC. The van der Waals surface area contributed by atoms with Crippen LogP contribution in [0.4, 0.5) is 0 Å². The molecule has 0 aliphatic heterocycles. The molecule has 0 heterocycles. The number of carbonyl (C=O) groups excluding carboxylic acids is 1. The Morgan fingerprint density at radius 3 is 2.14 bits per heavy atom. The highest BCUT2D eigenvalue weighted by Crippen LogP contribution is 2.22. The van der Waals surface area contributed by atoms with E-state index in [1.165, 1.54) is 5.56 Å². The van der Waals surface area contributed by atoms with Crippen LogP contribution in [0.5, 0.6) is 5.75 Å². The monoisotopic (exact) mass is 386 g/mol. The number of hydrogen-bond acceptors (Lipinski definition) is 5. The van der Waals surface area contributed by atoms with E-state index in [0.29, 0.717) is 6.61 Å². The van der Waals surface area contributed by atoms with Crippen molar-refractivity contribution < 1.29 is 24.5 Å². The molecule has 0 aromatic heterocycles. The van der Waals surface area contributed by atoms with Crippen molar-refractivity contribution in [3.05, 3.63) is 64.2 Å². The molecule has 28 heavy (non-hydrogen) atoms. The molecule has 2 rings (SSSR count). The summed E-state index contributed by atoms with van der Waals surface area (Å²) in [6, 6.07) is 11.9. The van der Waals surface area contributed by atoms with E-state index in [2.05, 4.69) is 13.0 Å². The molecule has 2 aromatic rings. The number of hydrogen-bond donors (Lipinski definition) is 2. The van der Waals surface area contributed by atoms with E-state index in [1.54, 1.807) is 6.92 Å². The van der Waals surface area contributed by atoms with Gasteiger partial charge in [0.2, 0.25) is 0 Å². The molecule has 0 saturated carbocycles. The van der Waals surface area contributed by atoms with E-state index in [9.17, 15) is 15.0 Å². The summed E-state index contributed by atoms with van der Waals surface area (Å²) in [7, 11) is 0. The lowest BCUT2D eigenvalue weighted by molar-refractivity contribution is -0.145. The molecular formula is C23H30O5. The minimum absolute atomic E-state index is 0.0550. The lowest BCUT2D eigenvalue weighted by Gasteiger charge is -2.12. The third-order valence-corrected chi connectivity index (χ3v) is 4.70. The standard InChI is InChI=1S/C23H30O5/c1-3-19-12-18(9-11-22(19)28-16-23(26)27-4-2)7-5-6-17-8-10-20(14-24)21(13-17)15-25/h8-13,24-25H,3-7,14-16H2,1-2H3. The molecule has 0 unspecified atom stereocenters. The van der Waals surface area contributed by atoms with Crippen molar-refractivity contribution in [3.63, 3.8) is 0 Å². The summed E-state index contributed by atoms with van der Waals surface area (Å²) in [5, 5.41) is 18.7. The molecular weight excluding hydrogens is 356 g/mol. The van der Waals surface area contributed by atoms with Gasteiger partial charge in [0.05, 0.1) is 19.8 Å². The third-order valence-electron chi connectivity index (χ3n) is 4.70. The number of rotatable bonds is 11. The van der Waals surface area contributed by atoms with Gasteiger partial charge in [-0.15, -0.1) is 0 Å². The Bertz CT molecular complexity index is 770. The summed E-state index contributed by atoms with van der Waals surface area (Å²) in [5.41, 5.74) is 5.03. The van der Waals surface area contributed by atoms with Gasteiger partial charge in [-0.25, -0.2) is 4.79 Å². The van der Waals surface area contributed by atoms with E-state index in [1.807, 2.05) is 30.3 Å². The van der Waals surface area contributed by atoms with Crippen LogP contribution in [0.1, 0.15) is 48.1 Å². The molecule has 5 nitrogen and oxygen atoms in total. The van der Waals surface area contributed by atoms with Crippen LogP contribution in [0.15, 0.2) is 36.4 Å². The summed E-state index contributed by atoms with van der Waals surface area (Å²) < 4.78 is 10.5. The van der Waals surface area contributed by atoms with Gasteiger partial charge in [0.25, 0.3) is 0 Å². The molecule has 0 aliphatic rings. The summed E-state index contributed by atoms with van der Waals surface area (Å²) in [6.45, 7) is 4.00. The predicted molar refractivity (Wildman–Crippen MR) is 108 cm³/mol. The maximum atomic E-state index is 11.5. The fourth-order valence-corrected chi connectivity index (χ4v) is 3.18. The Hall–Kier alpha value is -2.37. The zero-order chi connectivity index (χ0) is 20.4. The number of aryl methyl sites for hydroxylation is 3. The van der Waals surface area contributed by atoms with Gasteiger partial charge in [0.1, 0.15) is 5.75 Å². The molecule has 0 aliphatic carbocycles. The van der Waals surface area contributed by atoms with Crippen molar-refractivity contribution in [2.75, 3.05) is 13.2 Å². The van der Waals surface area contributed by atoms with Crippen LogP contribution in [0.25, 0.3) is 0 Å². The molecule has 5 heteroatoms. The van der Waals surface area contributed by atoms with Crippen molar-refractivity contribution in [2.24, 2.45) is 0 Å². The normalized spacial score (nSPS) is 10.7. The minimum Gasteiger partial charge on any atom is -0.482 e. The van der Waals surface area contributed by atoms with Gasteiger partial charge in [0.15, 0.2) is 6.61 Å². The number of benzene rings is 2. The molecule has 0 atom stereocenters. The average molecular weight is 386 g/mol. The van der Waals surface area contributed by atoms with E-state index in [4.69, 9.17) is 9.47 Å². The molecule has 0 bridgehead atoms. The zero-order valence-corrected chi connectivity index (χ0v) is 16.7. The molecule has 0 saturated heterocycles. The maximum Gasteiger partial charge on any atom is 0.344 e. The first-order valence-electron chi connectivity index (χ1n) is 9.83. The Kier molecular flexibility index (Phi) is 8.98. The maximum absolute atomic E-state index is 11.5. The third kappa shape index (κ3) is 6.36. The van der Waals surface area contributed by atoms with Crippen LogP contribution in [0.3, 0.4) is 0 Å². The molecule has 0 radical (unpaired) electrons. The van der Waals surface area contributed by atoms with Crippen molar-refractivity contribution in [3.8, 4) is 5.75 Å². The molecule has 2 aromatic carbocycles. The van der Waals surface area contributed by atoms with Gasteiger partial charge in [-0.3, -0.25) is 0 Å². The Labute approximate surface area is 166 Å². The largest absolute Gasteiger partial charge is 0.482 e. The Morgan fingerprint density at radius 2 is 1.54 bits per heavy atom. The van der Waals surface area contributed by atoms with E-state index < -0.39 is 0 Å². The first-order valence-corrected chi connectivity index (χ1v) is 9.83. The lowest BCUT2D eigenvalue weighted by atomic mass is 9.98. The van der Waals surface area contributed by atoms with Crippen molar-refractivity contribution >= 4 is 5.97 Å². The van der Waals surface area contributed by atoms with Crippen LogP contribution in [0, 0.1) is 0 Å². The summed E-state index contributed by atoms with van der Waals surface area (Å²) >= 11 is 0. The highest BCUT2D eigenvalue weighted by atomic mass is 16.6. The van der Waals surface area contributed by atoms with Crippen LogP contribution in [-0.2, 0) is 42.0 Å². The zero-order valence-electron chi connectivity index (χ0n) is 16.7. The smallest absolute Gasteiger partial charge is 0.344 e. The number of aliphatic hydroxyl groups is 2. The average Bonchev–Trinajstić information content (AvgIpc) is 2.72. The van der Waals surface area contributed by atoms with Gasteiger partial charge in [-0.05, 0) is 66.5 Å². The second-order valence-corrected chi connectivity index (χ2v) is 6.66. The second kappa shape index (κ2) is 11.5. The van der Waals surface area contributed by atoms with E-state index in [-0.39, 0.29) is 25.8 Å². The summed E-state index contributed by atoms with van der Waals surface area (Å²) in [6.07, 6.45) is 3.65. The molecule has 2 N–H and O–H groups in total. The summed E-state index contributed by atoms with van der Waals surface area (Å²) in [5.74, 6) is 0.370. The Balaban J connectivity index is 1.93. The van der Waals surface area contributed by atoms with Gasteiger partial charge < -0.3 is 19.7 Å². The molecule has 152 valence electrons. The number of ether oxygens (including phenoxy) is 2. The van der Waals surface area contributed by atoms with Crippen LogP contribution >= 0.6 is 0 Å². The fraction of sp³-hybridized carbons (Fsp3) is 0.435. The van der Waals surface area contributed by atoms with Gasteiger partial charge in [-0.1, -0.05) is 37.3 Å². The van der Waals surface area contributed by atoms with E-state index in [0.717, 1.165) is 53.7 Å². The number of aliphatic hydroxyl groups excluding tert-OH is 2.